The molecule has 0 amide bonds. The van der Waals surface area contributed by atoms with Gasteiger partial charge >= 0.3 is 0 Å². The van der Waals surface area contributed by atoms with E-state index in [4.69, 9.17) is 0 Å². The number of thiazole rings is 1. The zero-order chi connectivity index (χ0) is 10.8. The van der Waals surface area contributed by atoms with E-state index in [1.807, 2.05) is 13.0 Å². The minimum absolute atomic E-state index is 0.304. The van der Waals surface area contributed by atoms with Gasteiger partial charge in [-0.15, -0.1) is 11.3 Å². The van der Waals surface area contributed by atoms with Crippen LogP contribution in [0.4, 0.5) is 4.39 Å². The van der Waals surface area contributed by atoms with E-state index >= 15 is 0 Å². The van der Waals surface area contributed by atoms with Gasteiger partial charge in [0.15, 0.2) is 6.29 Å². The summed E-state index contributed by atoms with van der Waals surface area (Å²) in [4.78, 5) is 14.4. The van der Waals surface area contributed by atoms with E-state index < -0.39 is 0 Å². The molecule has 0 bridgehead atoms. The molecule has 0 aliphatic carbocycles. The van der Waals surface area contributed by atoms with Crippen molar-refractivity contribution < 1.29 is 9.18 Å². The lowest BCUT2D eigenvalue weighted by Crippen LogP contribution is -1.86. The van der Waals surface area contributed by atoms with Crippen molar-refractivity contribution in [2.75, 3.05) is 0 Å². The monoisotopic (exact) mass is 221 g/mol. The van der Waals surface area contributed by atoms with E-state index in [-0.39, 0.29) is 5.82 Å². The topological polar surface area (TPSA) is 30.0 Å². The van der Waals surface area contributed by atoms with Gasteiger partial charge in [0, 0.05) is 10.9 Å². The molecule has 76 valence electrons. The molecule has 0 saturated heterocycles. The van der Waals surface area contributed by atoms with Gasteiger partial charge < -0.3 is 0 Å². The zero-order valence-corrected chi connectivity index (χ0v) is 8.84. The fourth-order valence-corrected chi connectivity index (χ4v) is 2.05. The molecule has 0 fully saturated rings. The first-order valence-electron chi connectivity index (χ1n) is 4.38. The summed E-state index contributed by atoms with van der Waals surface area (Å²) in [6.45, 7) is 1.82. The molecule has 1 aromatic carbocycles. The second kappa shape index (κ2) is 3.90. The number of benzene rings is 1. The van der Waals surface area contributed by atoms with E-state index in [0.29, 0.717) is 22.6 Å². The Morgan fingerprint density at radius 3 is 2.87 bits per heavy atom. The summed E-state index contributed by atoms with van der Waals surface area (Å²) in [7, 11) is 0. The number of aldehydes is 1. The summed E-state index contributed by atoms with van der Waals surface area (Å²) < 4.78 is 13.5. The Kier molecular flexibility index (Phi) is 2.60. The van der Waals surface area contributed by atoms with Crippen molar-refractivity contribution >= 4 is 17.6 Å². The lowest BCUT2D eigenvalue weighted by molar-refractivity contribution is 0.111. The Hall–Kier alpha value is -1.55. The van der Waals surface area contributed by atoms with E-state index in [2.05, 4.69) is 4.98 Å². The van der Waals surface area contributed by atoms with Crippen molar-refractivity contribution in [3.05, 3.63) is 40.7 Å². The van der Waals surface area contributed by atoms with Crippen LogP contribution in [-0.2, 0) is 0 Å². The highest BCUT2D eigenvalue weighted by Gasteiger charge is 2.09. The highest BCUT2D eigenvalue weighted by atomic mass is 32.1. The second-order valence-corrected chi connectivity index (χ2v) is 4.04. The van der Waals surface area contributed by atoms with Crippen molar-refractivity contribution in [3.63, 3.8) is 0 Å². The Morgan fingerprint density at radius 1 is 1.47 bits per heavy atom. The van der Waals surface area contributed by atoms with Crippen LogP contribution in [0.2, 0.25) is 0 Å². The highest BCUT2D eigenvalue weighted by molar-refractivity contribution is 7.13. The van der Waals surface area contributed by atoms with E-state index in [1.165, 1.54) is 17.4 Å². The quantitative estimate of drug-likeness (QED) is 0.729. The number of carbonyl (C=O) groups excluding carboxylic acids is 1. The Morgan fingerprint density at radius 2 is 2.27 bits per heavy atom. The van der Waals surface area contributed by atoms with Gasteiger partial charge in [-0.25, -0.2) is 9.37 Å². The Bertz CT molecular complexity index is 507. The molecule has 0 unspecified atom stereocenters. The number of nitrogens with zero attached hydrogens (tertiary/aromatic N) is 1. The number of hydrogen-bond acceptors (Lipinski definition) is 3. The molecule has 0 atom stereocenters. The van der Waals surface area contributed by atoms with Crippen LogP contribution in [0, 0.1) is 12.7 Å². The third-order valence-corrected chi connectivity index (χ3v) is 2.89. The molecule has 1 aromatic heterocycles. The summed E-state index contributed by atoms with van der Waals surface area (Å²) in [6, 6.07) is 4.95. The van der Waals surface area contributed by atoms with Gasteiger partial charge in [0.25, 0.3) is 0 Å². The third-order valence-electron chi connectivity index (χ3n) is 2.00. The molecule has 4 heteroatoms. The number of hydrogen-bond donors (Lipinski definition) is 0. The molecule has 0 radical (unpaired) electrons. The second-order valence-electron chi connectivity index (χ2n) is 3.18. The number of halogens is 1. The minimum Gasteiger partial charge on any atom is -0.296 e. The van der Waals surface area contributed by atoms with Gasteiger partial charge in [0.05, 0.1) is 0 Å². The average molecular weight is 221 g/mol. The molecule has 2 rings (SSSR count). The number of carbonyl (C=O) groups is 1. The van der Waals surface area contributed by atoms with Crippen LogP contribution in [0.1, 0.15) is 16.1 Å². The smallest absolute Gasteiger partial charge is 0.169 e. The van der Waals surface area contributed by atoms with Crippen molar-refractivity contribution in [2.24, 2.45) is 0 Å². The van der Waals surface area contributed by atoms with Crippen molar-refractivity contribution in [1.82, 2.24) is 4.98 Å². The fourth-order valence-electron chi connectivity index (χ4n) is 1.26. The molecule has 0 saturated carbocycles. The summed E-state index contributed by atoms with van der Waals surface area (Å²) in [6.07, 6.45) is 0.659. The van der Waals surface area contributed by atoms with Gasteiger partial charge in [-0.1, -0.05) is 6.07 Å². The molecular formula is C11H8FNOS. The highest BCUT2D eigenvalue weighted by Crippen LogP contribution is 2.26. The summed E-state index contributed by atoms with van der Waals surface area (Å²) in [5.41, 5.74) is 1.65. The molecule has 0 spiro atoms. The standard InChI is InChI=1S/C11H8FNOS/c1-7-2-3-9(10(12)4-7)11-13-8(5-14)6-15-11/h2-6H,1H3. The number of aromatic nitrogens is 1. The van der Waals surface area contributed by atoms with Crippen LogP contribution in [0.15, 0.2) is 23.6 Å². The van der Waals surface area contributed by atoms with Crippen LogP contribution in [0.5, 0.6) is 0 Å². The maximum Gasteiger partial charge on any atom is 0.169 e. The first-order valence-corrected chi connectivity index (χ1v) is 5.26. The van der Waals surface area contributed by atoms with E-state index in [0.717, 1.165) is 5.56 Å². The predicted octanol–water partition coefficient (Wildman–Crippen LogP) is 3.07. The maximum absolute atomic E-state index is 13.5. The molecule has 1 heterocycles. The first kappa shape index (κ1) is 9.98. The fraction of sp³-hybridized carbons (Fsp3) is 0.0909. The SMILES string of the molecule is Cc1ccc(-c2nc(C=O)cs2)c(F)c1. The van der Waals surface area contributed by atoms with Crippen molar-refractivity contribution in [1.29, 1.82) is 0 Å². The Balaban J connectivity index is 2.49. The Labute approximate surface area is 90.4 Å². The van der Waals surface area contributed by atoms with Crippen molar-refractivity contribution in [2.45, 2.75) is 6.92 Å². The summed E-state index contributed by atoms with van der Waals surface area (Å²) in [5, 5.41) is 2.15. The minimum atomic E-state index is -0.304. The molecular weight excluding hydrogens is 213 g/mol. The molecule has 0 N–H and O–H groups in total. The normalized spacial score (nSPS) is 10.3. The van der Waals surface area contributed by atoms with E-state index in [1.54, 1.807) is 11.4 Å². The molecule has 2 nitrogen and oxygen atoms in total. The lowest BCUT2D eigenvalue weighted by Gasteiger charge is -1.99. The van der Waals surface area contributed by atoms with Crippen molar-refractivity contribution in [3.8, 4) is 10.6 Å². The lowest BCUT2D eigenvalue weighted by atomic mass is 10.1. The zero-order valence-electron chi connectivity index (χ0n) is 8.03. The molecule has 0 aliphatic rings. The van der Waals surface area contributed by atoms with Crippen LogP contribution in [0.3, 0.4) is 0 Å². The largest absolute Gasteiger partial charge is 0.296 e. The number of rotatable bonds is 2. The van der Waals surface area contributed by atoms with Crippen LogP contribution in [0.25, 0.3) is 10.6 Å². The molecule has 15 heavy (non-hydrogen) atoms. The van der Waals surface area contributed by atoms with Gasteiger partial charge in [0.2, 0.25) is 0 Å². The summed E-state index contributed by atoms with van der Waals surface area (Å²) >= 11 is 1.26. The third kappa shape index (κ3) is 1.94. The van der Waals surface area contributed by atoms with Gasteiger partial charge in [-0.05, 0) is 24.6 Å². The van der Waals surface area contributed by atoms with Crippen LogP contribution in [-0.4, -0.2) is 11.3 Å². The van der Waals surface area contributed by atoms with Gasteiger partial charge in [-0.2, -0.15) is 0 Å². The van der Waals surface area contributed by atoms with Gasteiger partial charge in [0.1, 0.15) is 16.5 Å². The molecule has 2 aromatic rings. The predicted molar refractivity (Wildman–Crippen MR) is 57.6 cm³/mol. The van der Waals surface area contributed by atoms with Crippen LogP contribution < -0.4 is 0 Å². The number of aryl methyl sites for hydroxylation is 1. The summed E-state index contributed by atoms with van der Waals surface area (Å²) in [5.74, 6) is -0.304. The van der Waals surface area contributed by atoms with Crippen LogP contribution >= 0.6 is 11.3 Å². The van der Waals surface area contributed by atoms with E-state index in [9.17, 15) is 9.18 Å². The average Bonchev–Trinajstić information content (AvgIpc) is 2.66. The maximum atomic E-state index is 13.5. The van der Waals surface area contributed by atoms with Gasteiger partial charge in [-0.3, -0.25) is 4.79 Å². The first-order chi connectivity index (χ1) is 7.20. The molecule has 0 aliphatic heterocycles.